The molecule has 2 amide bonds. The van der Waals surface area contributed by atoms with Gasteiger partial charge >= 0.3 is 0 Å². The lowest BCUT2D eigenvalue weighted by Gasteiger charge is -2.26. The van der Waals surface area contributed by atoms with Crippen molar-refractivity contribution in [3.8, 4) is 10.4 Å². The van der Waals surface area contributed by atoms with E-state index >= 15 is 0 Å². The summed E-state index contributed by atoms with van der Waals surface area (Å²) in [6, 6.07) is 11.5. The Morgan fingerprint density at radius 2 is 1.93 bits per heavy atom. The van der Waals surface area contributed by atoms with E-state index in [4.69, 9.17) is 17.0 Å². The quantitative estimate of drug-likeness (QED) is 0.468. The second kappa shape index (κ2) is 9.48. The average molecular weight is 443 g/mol. The molecular formula is C21H22N4O3S2. The van der Waals surface area contributed by atoms with E-state index in [9.17, 15) is 9.59 Å². The number of benzene rings is 1. The highest BCUT2D eigenvalue weighted by Crippen LogP contribution is 2.29. The molecule has 0 saturated carbocycles. The van der Waals surface area contributed by atoms with Crippen molar-refractivity contribution >= 4 is 46.6 Å². The van der Waals surface area contributed by atoms with Crippen molar-refractivity contribution in [3.05, 3.63) is 52.5 Å². The third-order valence-corrected chi connectivity index (χ3v) is 6.17. The molecule has 4 rings (SSSR count). The predicted molar refractivity (Wildman–Crippen MR) is 121 cm³/mol. The summed E-state index contributed by atoms with van der Waals surface area (Å²) in [5.41, 5.74) is 2.10. The summed E-state index contributed by atoms with van der Waals surface area (Å²) >= 11 is 6.51. The number of thiophene rings is 1. The highest BCUT2D eigenvalue weighted by atomic mass is 32.1. The van der Waals surface area contributed by atoms with Gasteiger partial charge in [-0.3, -0.25) is 19.8 Å². The van der Waals surface area contributed by atoms with E-state index in [1.165, 1.54) is 0 Å². The molecule has 2 aliphatic heterocycles. The van der Waals surface area contributed by atoms with Crippen LogP contribution in [0.2, 0.25) is 0 Å². The molecule has 9 heteroatoms. The molecule has 3 N–H and O–H groups in total. The van der Waals surface area contributed by atoms with Gasteiger partial charge in [0, 0.05) is 41.5 Å². The largest absolute Gasteiger partial charge is 0.379 e. The molecule has 2 aliphatic rings. The van der Waals surface area contributed by atoms with Gasteiger partial charge in [-0.2, -0.15) is 0 Å². The number of nitrogens with zero attached hydrogens (tertiary/aromatic N) is 1. The number of carbonyl (C=O) groups excluding carboxylic acids is 2. The van der Waals surface area contributed by atoms with E-state index < -0.39 is 0 Å². The minimum absolute atomic E-state index is 0.0688. The number of hydrogen-bond acceptors (Lipinski definition) is 6. The molecule has 2 fully saturated rings. The Bertz CT molecular complexity index is 978. The van der Waals surface area contributed by atoms with Crippen molar-refractivity contribution in [2.75, 3.05) is 39.4 Å². The van der Waals surface area contributed by atoms with E-state index in [0.29, 0.717) is 22.9 Å². The summed E-state index contributed by atoms with van der Waals surface area (Å²) < 4.78 is 5.33. The van der Waals surface area contributed by atoms with Gasteiger partial charge in [-0.05, 0) is 48.1 Å². The fraction of sp³-hybridized carbons (Fsp3) is 0.286. The molecule has 0 atom stereocenters. The molecular weight excluding hydrogens is 420 g/mol. The van der Waals surface area contributed by atoms with E-state index in [0.717, 1.165) is 48.2 Å². The Labute approximate surface area is 184 Å². The first-order valence-corrected chi connectivity index (χ1v) is 10.9. The molecule has 1 aromatic heterocycles. The van der Waals surface area contributed by atoms with E-state index in [2.05, 4.69) is 20.9 Å². The zero-order valence-corrected chi connectivity index (χ0v) is 17.9. The third-order valence-electron chi connectivity index (χ3n) is 4.88. The number of thiocarbonyl (C=S) groups is 1. The summed E-state index contributed by atoms with van der Waals surface area (Å²) in [5, 5.41) is 8.69. The van der Waals surface area contributed by atoms with Gasteiger partial charge in [-0.25, -0.2) is 0 Å². The van der Waals surface area contributed by atoms with Gasteiger partial charge < -0.3 is 15.4 Å². The van der Waals surface area contributed by atoms with Crippen molar-refractivity contribution < 1.29 is 14.3 Å². The molecule has 30 heavy (non-hydrogen) atoms. The van der Waals surface area contributed by atoms with Crippen LogP contribution in [0, 0.1) is 0 Å². The fourth-order valence-electron chi connectivity index (χ4n) is 3.25. The van der Waals surface area contributed by atoms with Crippen LogP contribution in [-0.4, -0.2) is 61.2 Å². The van der Waals surface area contributed by atoms with Gasteiger partial charge in [0.05, 0.1) is 13.2 Å². The third kappa shape index (κ3) is 5.11. The Balaban J connectivity index is 1.33. The SMILES string of the molecule is O=C1NC(=S)NC1=Cc1ccc(-c2ccc(C(=O)NCCN3CCOCC3)cc2)s1. The topological polar surface area (TPSA) is 82.7 Å². The molecule has 0 aliphatic carbocycles. The van der Waals surface area contributed by atoms with Crippen LogP contribution >= 0.6 is 23.6 Å². The molecule has 0 unspecified atom stereocenters. The first-order chi connectivity index (χ1) is 14.6. The van der Waals surface area contributed by atoms with Crippen molar-refractivity contribution in [3.63, 3.8) is 0 Å². The molecule has 3 heterocycles. The van der Waals surface area contributed by atoms with E-state index in [1.807, 2.05) is 36.4 Å². The molecule has 1 aromatic carbocycles. The van der Waals surface area contributed by atoms with Crippen LogP contribution in [0.1, 0.15) is 15.2 Å². The van der Waals surface area contributed by atoms with Crippen LogP contribution in [0.15, 0.2) is 42.1 Å². The molecule has 0 radical (unpaired) electrons. The standard InChI is InChI=1S/C21H22N4O3S2/c26-19(22-7-8-25-9-11-28-12-10-25)15-3-1-14(2-4-15)18-6-5-16(30-18)13-17-20(27)24-21(29)23-17/h1-6,13H,7-12H2,(H,22,26)(H2,23,24,27,29). The van der Waals surface area contributed by atoms with Gasteiger partial charge in [0.2, 0.25) is 0 Å². The van der Waals surface area contributed by atoms with Crippen molar-refractivity contribution in [1.82, 2.24) is 20.9 Å². The molecule has 2 saturated heterocycles. The lowest BCUT2D eigenvalue weighted by molar-refractivity contribution is -0.115. The van der Waals surface area contributed by atoms with Gasteiger partial charge in [-0.1, -0.05) is 12.1 Å². The van der Waals surface area contributed by atoms with Crippen molar-refractivity contribution in [2.24, 2.45) is 0 Å². The summed E-state index contributed by atoms with van der Waals surface area (Å²) in [6.07, 6.45) is 1.78. The number of morpholine rings is 1. The minimum Gasteiger partial charge on any atom is -0.379 e. The maximum Gasteiger partial charge on any atom is 0.273 e. The van der Waals surface area contributed by atoms with Gasteiger partial charge in [-0.15, -0.1) is 11.3 Å². The zero-order valence-electron chi connectivity index (χ0n) is 16.3. The Morgan fingerprint density at radius 3 is 2.63 bits per heavy atom. The summed E-state index contributed by atoms with van der Waals surface area (Å²) in [6.45, 7) is 4.80. The van der Waals surface area contributed by atoms with Crippen LogP contribution in [0.5, 0.6) is 0 Å². The summed E-state index contributed by atoms with van der Waals surface area (Å²) in [5.74, 6) is -0.292. The lowest BCUT2D eigenvalue weighted by Crippen LogP contribution is -2.41. The van der Waals surface area contributed by atoms with Crippen LogP contribution in [0.25, 0.3) is 16.5 Å². The Hall–Kier alpha value is -2.59. The number of amides is 2. The van der Waals surface area contributed by atoms with Crippen molar-refractivity contribution in [2.45, 2.75) is 0 Å². The Morgan fingerprint density at radius 1 is 1.17 bits per heavy atom. The second-order valence-electron chi connectivity index (χ2n) is 6.96. The lowest BCUT2D eigenvalue weighted by atomic mass is 10.1. The van der Waals surface area contributed by atoms with Crippen LogP contribution < -0.4 is 16.0 Å². The van der Waals surface area contributed by atoms with Crippen molar-refractivity contribution in [1.29, 1.82) is 0 Å². The fourth-order valence-corrected chi connectivity index (χ4v) is 4.41. The van der Waals surface area contributed by atoms with Crippen LogP contribution in [-0.2, 0) is 9.53 Å². The molecule has 0 spiro atoms. The van der Waals surface area contributed by atoms with Crippen LogP contribution in [0.3, 0.4) is 0 Å². The maximum atomic E-state index is 12.4. The minimum atomic E-state index is -0.223. The molecule has 156 valence electrons. The number of nitrogens with one attached hydrogen (secondary N) is 3. The average Bonchev–Trinajstić information content (AvgIpc) is 3.35. The van der Waals surface area contributed by atoms with Gasteiger partial charge in [0.1, 0.15) is 5.70 Å². The molecule has 0 bridgehead atoms. The Kier molecular flexibility index (Phi) is 6.53. The first kappa shape index (κ1) is 20.7. The highest BCUT2D eigenvalue weighted by molar-refractivity contribution is 7.80. The van der Waals surface area contributed by atoms with Crippen LogP contribution in [0.4, 0.5) is 0 Å². The van der Waals surface area contributed by atoms with E-state index in [1.54, 1.807) is 17.4 Å². The number of ether oxygens (including phenoxy) is 1. The summed E-state index contributed by atoms with van der Waals surface area (Å²) in [7, 11) is 0. The van der Waals surface area contributed by atoms with Gasteiger partial charge in [0.15, 0.2) is 5.11 Å². The zero-order chi connectivity index (χ0) is 20.9. The monoisotopic (exact) mass is 442 g/mol. The normalized spacial score (nSPS) is 18.3. The predicted octanol–water partition coefficient (Wildman–Crippen LogP) is 1.82. The molecule has 7 nitrogen and oxygen atoms in total. The number of hydrogen-bond donors (Lipinski definition) is 3. The maximum absolute atomic E-state index is 12.4. The second-order valence-corrected chi connectivity index (χ2v) is 8.48. The van der Waals surface area contributed by atoms with Gasteiger partial charge in [0.25, 0.3) is 11.8 Å². The summed E-state index contributed by atoms with van der Waals surface area (Å²) in [4.78, 5) is 28.4. The first-order valence-electron chi connectivity index (χ1n) is 9.71. The number of carbonyl (C=O) groups is 2. The smallest absolute Gasteiger partial charge is 0.273 e. The highest BCUT2D eigenvalue weighted by Gasteiger charge is 2.20. The van der Waals surface area contributed by atoms with E-state index in [-0.39, 0.29) is 11.8 Å². The number of rotatable bonds is 6. The molecule has 2 aromatic rings.